The molecule has 8 heteroatoms. The number of para-hydroxylation sites is 1. The molecule has 1 N–H and O–H groups in total. The van der Waals surface area contributed by atoms with E-state index in [-0.39, 0.29) is 24.5 Å². The van der Waals surface area contributed by atoms with E-state index in [4.69, 9.17) is 9.47 Å². The van der Waals surface area contributed by atoms with Gasteiger partial charge in [0.05, 0.1) is 22.6 Å². The van der Waals surface area contributed by atoms with E-state index in [0.717, 1.165) is 10.8 Å². The summed E-state index contributed by atoms with van der Waals surface area (Å²) in [5.41, 5.74) is 1.08. The Morgan fingerprint density at radius 1 is 0.818 bits per heavy atom. The van der Waals surface area contributed by atoms with Crippen LogP contribution >= 0.6 is 0 Å². The monoisotopic (exact) mass is 462 g/mol. The van der Waals surface area contributed by atoms with Gasteiger partial charge in [-0.15, -0.1) is 0 Å². The summed E-state index contributed by atoms with van der Waals surface area (Å²) in [6, 6.07) is 26.2. The summed E-state index contributed by atoms with van der Waals surface area (Å²) in [6.45, 7) is 0.342. The van der Waals surface area contributed by atoms with Gasteiger partial charge in [-0.25, -0.2) is 4.79 Å². The molecule has 0 aliphatic heterocycles. The number of carboxylic acid groups (broad SMARTS) is 1. The molecule has 4 aromatic rings. The summed E-state index contributed by atoms with van der Waals surface area (Å²) < 4.78 is 36.3. The van der Waals surface area contributed by atoms with Gasteiger partial charge in [0.25, 0.3) is 0 Å². The fourth-order valence-electron chi connectivity index (χ4n) is 3.38. The molecule has 168 valence electrons. The molecule has 4 rings (SSSR count). The van der Waals surface area contributed by atoms with Crippen molar-refractivity contribution >= 4 is 39.4 Å². The molecule has 7 nitrogen and oxygen atoms in total. The van der Waals surface area contributed by atoms with Gasteiger partial charge < -0.3 is 19.1 Å². The Kier molecular flexibility index (Phi) is 6.87. The van der Waals surface area contributed by atoms with E-state index < -0.39 is 17.2 Å². The van der Waals surface area contributed by atoms with Crippen molar-refractivity contribution in [3.63, 3.8) is 0 Å². The van der Waals surface area contributed by atoms with E-state index >= 15 is 0 Å². The Bertz CT molecular complexity index is 1290. The third-order valence-electron chi connectivity index (χ3n) is 4.91. The number of rotatable bonds is 9. The zero-order valence-electron chi connectivity index (χ0n) is 17.4. The first-order valence-corrected chi connectivity index (χ1v) is 11.1. The summed E-state index contributed by atoms with van der Waals surface area (Å²) in [4.78, 5) is 11.2. The second-order valence-electron chi connectivity index (χ2n) is 7.04. The van der Waals surface area contributed by atoms with Gasteiger partial charge in [0.15, 0.2) is 0 Å². The number of carboxylic acids is 1. The number of ether oxygens (including phenoxy) is 2. The third-order valence-corrected chi connectivity index (χ3v) is 5.63. The van der Waals surface area contributed by atoms with Crippen LogP contribution in [0.15, 0.2) is 91.0 Å². The maximum atomic E-state index is 12.0. The van der Waals surface area contributed by atoms with Crippen molar-refractivity contribution in [3.8, 4) is 11.5 Å². The molecule has 0 spiro atoms. The minimum absolute atomic E-state index is 0.0845. The summed E-state index contributed by atoms with van der Waals surface area (Å²) >= 11 is -2.51. The molecule has 0 aromatic heterocycles. The van der Waals surface area contributed by atoms with E-state index in [1.54, 1.807) is 48.5 Å². The van der Waals surface area contributed by atoms with Crippen LogP contribution in [0.4, 0.5) is 11.4 Å². The van der Waals surface area contributed by atoms with Crippen molar-refractivity contribution in [2.24, 2.45) is 0 Å². The smallest absolute Gasteiger partial charge is 0.339 e. The standard InChI is InChI=1S/C25H21NO6S/c27-25(28)23-7-3-4-8-24(23)32-16-15-31-22-13-11-20(12-14-22)26(33(29)30)21-10-9-18-5-1-2-6-19(18)17-21/h1-14,17H,15-16H2,(H,27,28)(H,29,30)/p-1. The Balaban J connectivity index is 1.41. The van der Waals surface area contributed by atoms with E-state index in [0.29, 0.717) is 17.1 Å². The second-order valence-corrected chi connectivity index (χ2v) is 7.83. The van der Waals surface area contributed by atoms with Crippen LogP contribution in [0.3, 0.4) is 0 Å². The van der Waals surface area contributed by atoms with Crippen molar-refractivity contribution in [1.29, 1.82) is 0 Å². The number of hydrogen-bond acceptors (Lipinski definition) is 5. The van der Waals surface area contributed by atoms with Gasteiger partial charge in [-0.05, 0) is 59.3 Å². The van der Waals surface area contributed by atoms with Gasteiger partial charge >= 0.3 is 5.97 Å². The van der Waals surface area contributed by atoms with E-state index in [1.165, 1.54) is 10.4 Å². The van der Waals surface area contributed by atoms with Crippen LogP contribution in [-0.2, 0) is 11.3 Å². The number of fused-ring (bicyclic) bond motifs is 1. The predicted octanol–water partition coefficient (Wildman–Crippen LogP) is 4.93. The van der Waals surface area contributed by atoms with Gasteiger partial charge in [0.2, 0.25) is 0 Å². The highest BCUT2D eigenvalue weighted by molar-refractivity contribution is 7.81. The van der Waals surface area contributed by atoms with E-state index in [1.807, 2.05) is 36.4 Å². The minimum Gasteiger partial charge on any atom is -0.755 e. The van der Waals surface area contributed by atoms with Gasteiger partial charge in [-0.2, -0.15) is 0 Å². The lowest BCUT2D eigenvalue weighted by atomic mass is 10.1. The Hall–Kier alpha value is -3.88. The SMILES string of the molecule is O=C(O)c1ccccc1OCCOc1ccc(N(c2ccc3ccccc3c2)S(=O)[O-])cc1. The second kappa shape index (κ2) is 10.2. The number of carbonyl (C=O) groups is 1. The maximum absolute atomic E-state index is 12.0. The molecule has 0 saturated heterocycles. The number of nitrogens with zero attached hydrogens (tertiary/aromatic N) is 1. The lowest BCUT2D eigenvalue weighted by Gasteiger charge is -2.27. The molecule has 1 atom stereocenters. The highest BCUT2D eigenvalue weighted by atomic mass is 32.2. The van der Waals surface area contributed by atoms with Crippen LogP contribution in [0.2, 0.25) is 0 Å². The van der Waals surface area contributed by atoms with Crippen molar-refractivity contribution in [2.75, 3.05) is 17.5 Å². The van der Waals surface area contributed by atoms with Crippen LogP contribution in [0.5, 0.6) is 11.5 Å². The molecular formula is C25H20NO6S-. The lowest BCUT2D eigenvalue weighted by molar-refractivity contribution is 0.0691. The fourth-order valence-corrected chi connectivity index (χ4v) is 3.96. The molecule has 0 saturated carbocycles. The topological polar surface area (TPSA) is 99.1 Å². The van der Waals surface area contributed by atoms with Crippen molar-refractivity contribution in [2.45, 2.75) is 0 Å². The molecule has 0 heterocycles. The fraction of sp³-hybridized carbons (Fsp3) is 0.0800. The quantitative estimate of drug-likeness (QED) is 0.280. The number of hydrogen-bond donors (Lipinski definition) is 1. The normalized spacial score (nSPS) is 11.7. The predicted molar refractivity (Wildman–Crippen MR) is 126 cm³/mol. The average molecular weight is 463 g/mol. The highest BCUT2D eigenvalue weighted by Gasteiger charge is 2.12. The molecule has 0 aliphatic carbocycles. The van der Waals surface area contributed by atoms with Crippen LogP contribution in [0.25, 0.3) is 10.8 Å². The summed E-state index contributed by atoms with van der Waals surface area (Å²) in [6.07, 6.45) is 0. The molecule has 0 fully saturated rings. The molecule has 0 radical (unpaired) electrons. The van der Waals surface area contributed by atoms with Crippen LogP contribution in [0.1, 0.15) is 10.4 Å². The van der Waals surface area contributed by atoms with Crippen LogP contribution < -0.4 is 13.8 Å². The zero-order chi connectivity index (χ0) is 23.2. The Labute approximate surface area is 193 Å². The molecular weight excluding hydrogens is 442 g/mol. The maximum Gasteiger partial charge on any atom is 0.339 e. The number of aromatic carboxylic acids is 1. The number of anilines is 2. The van der Waals surface area contributed by atoms with Crippen LogP contribution in [-0.4, -0.2) is 33.1 Å². The summed E-state index contributed by atoms with van der Waals surface area (Å²) in [5.74, 6) is -0.259. The van der Waals surface area contributed by atoms with Gasteiger partial charge in [0, 0.05) is 0 Å². The van der Waals surface area contributed by atoms with E-state index in [2.05, 4.69) is 0 Å². The summed E-state index contributed by atoms with van der Waals surface area (Å²) in [5, 5.41) is 11.1. The third kappa shape index (κ3) is 5.31. The molecule has 4 aromatic carbocycles. The highest BCUT2D eigenvalue weighted by Crippen LogP contribution is 2.31. The van der Waals surface area contributed by atoms with Gasteiger partial charge in [-0.1, -0.05) is 42.5 Å². The first-order chi connectivity index (χ1) is 16.0. The molecule has 0 amide bonds. The summed E-state index contributed by atoms with van der Waals surface area (Å²) in [7, 11) is 0. The van der Waals surface area contributed by atoms with Crippen molar-refractivity contribution in [1.82, 2.24) is 0 Å². The first-order valence-electron chi connectivity index (χ1n) is 10.1. The average Bonchev–Trinajstić information content (AvgIpc) is 2.83. The van der Waals surface area contributed by atoms with Crippen LogP contribution in [0, 0.1) is 0 Å². The van der Waals surface area contributed by atoms with Gasteiger partial charge in [-0.3, -0.25) is 8.51 Å². The molecule has 0 aliphatic rings. The van der Waals surface area contributed by atoms with E-state index in [9.17, 15) is 18.7 Å². The lowest BCUT2D eigenvalue weighted by Crippen LogP contribution is -2.19. The molecule has 0 bridgehead atoms. The molecule has 33 heavy (non-hydrogen) atoms. The van der Waals surface area contributed by atoms with Gasteiger partial charge in [0.1, 0.15) is 30.3 Å². The van der Waals surface area contributed by atoms with Crippen molar-refractivity contribution < 1.29 is 28.1 Å². The van der Waals surface area contributed by atoms with Crippen molar-refractivity contribution in [3.05, 3.63) is 96.6 Å². The Morgan fingerprint density at radius 2 is 1.45 bits per heavy atom. The zero-order valence-corrected chi connectivity index (χ0v) is 18.2. The molecule has 1 unspecified atom stereocenters. The largest absolute Gasteiger partial charge is 0.755 e. The minimum atomic E-state index is -2.51. The number of benzene rings is 4. The Morgan fingerprint density at radius 3 is 2.18 bits per heavy atom. The first kappa shape index (κ1) is 22.3.